The van der Waals surface area contributed by atoms with E-state index in [4.69, 9.17) is 15.3 Å². The summed E-state index contributed by atoms with van der Waals surface area (Å²) in [5, 5.41) is 28.7. The topological polar surface area (TPSA) is 200 Å². The van der Waals surface area contributed by atoms with Crippen molar-refractivity contribution in [1.29, 1.82) is 0 Å². The Morgan fingerprint density at radius 1 is 1.37 bits per heavy atom. The van der Waals surface area contributed by atoms with Crippen molar-refractivity contribution in [2.24, 2.45) is 5.16 Å². The molecule has 16 heteroatoms. The quantitative estimate of drug-likeness (QED) is 0.0950. The minimum Gasteiger partial charge on any atom is -0.509 e. The Morgan fingerprint density at radius 3 is 2.74 bits per heavy atom. The normalized spacial score (nSPS) is 18.9. The summed E-state index contributed by atoms with van der Waals surface area (Å²) in [6.45, 7) is 1.90. The standard InChI is InChI=1S/C22H22N6O8S2/c1-2-7-36-26-15(13-9-38-22(23)24-13)18(30)25-16-19(31)27-17(14(29)10-37-20(16)27)21(32)35-8-11-3-5-12(6-4-11)28(33)34/h3-6,9,16,20,29H,2,7-8,10H2,1H3,(H2,23,24)(H,25,30)/t16?,20-/m1/s1. The van der Waals surface area contributed by atoms with Crippen molar-refractivity contribution in [3.05, 3.63) is 62.5 Å². The number of amides is 2. The fraction of sp³-hybridized carbons (Fsp3) is 0.318. The van der Waals surface area contributed by atoms with Crippen LogP contribution in [-0.4, -0.2) is 67.2 Å². The van der Waals surface area contributed by atoms with Gasteiger partial charge in [0.25, 0.3) is 17.5 Å². The molecule has 2 aromatic rings. The number of carbonyl (C=O) groups is 3. The lowest BCUT2D eigenvalue weighted by molar-refractivity contribution is -0.384. The minimum atomic E-state index is -1.01. The van der Waals surface area contributed by atoms with Gasteiger partial charge in [-0.25, -0.2) is 9.78 Å². The van der Waals surface area contributed by atoms with Gasteiger partial charge in [-0.1, -0.05) is 12.1 Å². The van der Waals surface area contributed by atoms with E-state index in [-0.39, 0.29) is 52.6 Å². The number of aliphatic hydroxyl groups is 1. The number of aliphatic hydroxyl groups excluding tert-OH is 1. The van der Waals surface area contributed by atoms with Crippen LogP contribution in [0.15, 0.2) is 46.3 Å². The number of rotatable bonds is 10. The van der Waals surface area contributed by atoms with E-state index in [0.717, 1.165) is 28.0 Å². The number of nitrogens with zero attached hydrogens (tertiary/aromatic N) is 4. The Morgan fingerprint density at radius 2 is 2.11 bits per heavy atom. The van der Waals surface area contributed by atoms with Crippen molar-refractivity contribution < 1.29 is 34.0 Å². The highest BCUT2D eigenvalue weighted by molar-refractivity contribution is 8.00. The first-order valence-electron chi connectivity index (χ1n) is 11.2. The number of aromatic nitrogens is 1. The van der Waals surface area contributed by atoms with Crippen LogP contribution in [0.1, 0.15) is 24.6 Å². The van der Waals surface area contributed by atoms with Gasteiger partial charge in [0.05, 0.1) is 10.7 Å². The van der Waals surface area contributed by atoms with Crippen molar-refractivity contribution in [2.75, 3.05) is 18.1 Å². The zero-order valence-electron chi connectivity index (χ0n) is 19.9. The van der Waals surface area contributed by atoms with Gasteiger partial charge >= 0.3 is 5.97 Å². The minimum absolute atomic E-state index is 0.00591. The average molecular weight is 563 g/mol. The first-order valence-corrected chi connectivity index (χ1v) is 13.1. The number of benzene rings is 1. The molecule has 0 aliphatic carbocycles. The van der Waals surface area contributed by atoms with Gasteiger partial charge < -0.3 is 25.7 Å². The lowest BCUT2D eigenvalue weighted by Gasteiger charge is -2.48. The van der Waals surface area contributed by atoms with Gasteiger partial charge in [-0.3, -0.25) is 24.6 Å². The molecule has 0 saturated carbocycles. The summed E-state index contributed by atoms with van der Waals surface area (Å²) < 4.78 is 5.24. The Labute approximate surface area is 223 Å². The third kappa shape index (κ3) is 5.55. The van der Waals surface area contributed by atoms with Crippen LogP contribution >= 0.6 is 23.1 Å². The van der Waals surface area contributed by atoms with E-state index in [0.29, 0.717) is 12.0 Å². The van der Waals surface area contributed by atoms with Gasteiger partial charge in [0.2, 0.25) is 0 Å². The van der Waals surface area contributed by atoms with Crippen LogP contribution < -0.4 is 11.1 Å². The summed E-state index contributed by atoms with van der Waals surface area (Å²) in [6, 6.07) is 4.39. The number of hydrogen-bond donors (Lipinski definition) is 3. The number of anilines is 1. The Kier molecular flexibility index (Phi) is 8.11. The number of nitro groups is 1. The lowest BCUT2D eigenvalue weighted by Crippen LogP contribution is -2.71. The molecule has 1 fully saturated rings. The number of thioether (sulfide) groups is 1. The van der Waals surface area contributed by atoms with Crippen LogP contribution in [0.5, 0.6) is 0 Å². The largest absolute Gasteiger partial charge is 0.509 e. The van der Waals surface area contributed by atoms with Crippen molar-refractivity contribution in [3.63, 3.8) is 0 Å². The van der Waals surface area contributed by atoms with E-state index in [1.807, 2.05) is 6.92 Å². The van der Waals surface area contributed by atoms with Crippen LogP contribution in [0.3, 0.4) is 0 Å². The maximum absolute atomic E-state index is 13.0. The zero-order chi connectivity index (χ0) is 27.4. The second-order valence-corrected chi connectivity index (χ2v) is 9.99. The first-order chi connectivity index (χ1) is 18.2. The molecule has 2 aliphatic rings. The van der Waals surface area contributed by atoms with Gasteiger partial charge in [-0.05, 0) is 24.1 Å². The number of ether oxygens (including phenoxy) is 1. The highest BCUT2D eigenvalue weighted by Crippen LogP contribution is 2.40. The zero-order valence-corrected chi connectivity index (χ0v) is 21.5. The molecule has 2 aliphatic heterocycles. The highest BCUT2D eigenvalue weighted by Gasteiger charge is 2.55. The van der Waals surface area contributed by atoms with Gasteiger partial charge in [-0.15, -0.1) is 23.1 Å². The molecule has 38 heavy (non-hydrogen) atoms. The number of oxime groups is 1. The van der Waals surface area contributed by atoms with E-state index >= 15 is 0 Å². The summed E-state index contributed by atoms with van der Waals surface area (Å²) >= 11 is 2.27. The van der Waals surface area contributed by atoms with Gasteiger partial charge in [-0.2, -0.15) is 0 Å². The number of β-lactam (4-membered cyclic amide) rings is 1. The van der Waals surface area contributed by atoms with Crippen LogP contribution in [-0.2, 0) is 30.6 Å². The SMILES string of the molecule is CCCON=C(C(=O)NC1C(=O)N2C(C(=O)OCc3ccc([N+](=O)[O-])cc3)=C(O)CS[C@H]12)c1csc(N)n1. The molecule has 1 unspecified atom stereocenters. The van der Waals surface area contributed by atoms with E-state index < -0.39 is 34.1 Å². The predicted molar refractivity (Wildman–Crippen MR) is 137 cm³/mol. The molecule has 3 heterocycles. The summed E-state index contributed by atoms with van der Waals surface area (Å²) in [4.78, 5) is 59.3. The number of nitrogens with one attached hydrogen (secondary N) is 1. The number of thiazole rings is 1. The molecule has 2 amide bonds. The summed E-state index contributed by atoms with van der Waals surface area (Å²) in [5.74, 6) is -2.63. The van der Waals surface area contributed by atoms with Crippen LogP contribution in [0, 0.1) is 10.1 Å². The van der Waals surface area contributed by atoms with Crippen LogP contribution in [0.2, 0.25) is 0 Å². The van der Waals surface area contributed by atoms with E-state index in [9.17, 15) is 29.6 Å². The number of hydrogen-bond acceptors (Lipinski definition) is 13. The van der Waals surface area contributed by atoms with Crippen molar-refractivity contribution in [2.45, 2.75) is 31.4 Å². The maximum Gasteiger partial charge on any atom is 0.358 e. The molecule has 4 rings (SSSR count). The summed E-state index contributed by atoms with van der Waals surface area (Å²) in [7, 11) is 0. The smallest absolute Gasteiger partial charge is 0.358 e. The summed E-state index contributed by atoms with van der Waals surface area (Å²) in [6.07, 6.45) is 0.658. The third-order valence-electron chi connectivity index (χ3n) is 5.38. The highest BCUT2D eigenvalue weighted by atomic mass is 32.2. The second kappa shape index (κ2) is 11.5. The third-order valence-corrected chi connectivity index (χ3v) is 7.31. The first kappa shape index (κ1) is 26.9. The molecular weight excluding hydrogens is 540 g/mol. The van der Waals surface area contributed by atoms with Gasteiger partial charge in [0, 0.05) is 17.5 Å². The van der Waals surface area contributed by atoms with Crippen LogP contribution in [0.25, 0.3) is 0 Å². The number of esters is 1. The molecule has 0 radical (unpaired) electrons. The van der Waals surface area contributed by atoms with Gasteiger partial charge in [0.1, 0.15) is 36.1 Å². The molecule has 4 N–H and O–H groups in total. The predicted octanol–water partition coefficient (Wildman–Crippen LogP) is 1.68. The molecule has 200 valence electrons. The Balaban J connectivity index is 1.43. The molecule has 2 atom stereocenters. The Bertz CT molecular complexity index is 1330. The number of nitrogen functional groups attached to an aromatic ring is 1. The Hall–Kier alpha value is -4.18. The molecule has 0 spiro atoms. The van der Waals surface area contributed by atoms with Crippen molar-refractivity contribution in [1.82, 2.24) is 15.2 Å². The fourth-order valence-electron chi connectivity index (χ4n) is 3.54. The van der Waals surface area contributed by atoms with Crippen molar-refractivity contribution >= 4 is 57.4 Å². The average Bonchev–Trinajstić information content (AvgIpc) is 3.33. The number of carbonyl (C=O) groups excluding carboxylic acids is 3. The van der Waals surface area contributed by atoms with E-state index in [2.05, 4.69) is 15.5 Å². The fourth-order valence-corrected chi connectivity index (χ4v) is 5.28. The number of nitro benzene ring substituents is 1. The van der Waals surface area contributed by atoms with Crippen molar-refractivity contribution in [3.8, 4) is 0 Å². The molecule has 0 bridgehead atoms. The molecule has 1 saturated heterocycles. The second-order valence-electron chi connectivity index (χ2n) is 8.00. The van der Waals surface area contributed by atoms with E-state index in [1.165, 1.54) is 29.6 Å². The lowest BCUT2D eigenvalue weighted by atomic mass is 10.0. The molecule has 1 aromatic carbocycles. The van der Waals surface area contributed by atoms with Crippen LogP contribution in [0.4, 0.5) is 10.8 Å². The van der Waals surface area contributed by atoms with E-state index in [1.54, 1.807) is 0 Å². The number of nitrogens with two attached hydrogens (primary N) is 1. The number of fused-ring (bicyclic) bond motifs is 1. The molecule has 1 aromatic heterocycles. The van der Waals surface area contributed by atoms with Gasteiger partial charge in [0.15, 0.2) is 16.5 Å². The summed E-state index contributed by atoms with van der Waals surface area (Å²) in [5.41, 5.74) is 5.75. The maximum atomic E-state index is 13.0. The molecular formula is C22H22N6O8S2. The monoisotopic (exact) mass is 562 g/mol. The number of non-ortho nitro benzene ring substituents is 1. The molecule has 14 nitrogen and oxygen atoms in total.